The van der Waals surface area contributed by atoms with Crippen molar-refractivity contribution in [3.63, 3.8) is 0 Å². The summed E-state index contributed by atoms with van der Waals surface area (Å²) in [6, 6.07) is 4.59. The van der Waals surface area contributed by atoms with E-state index in [1.807, 2.05) is 11.8 Å². The molecule has 7 nitrogen and oxygen atoms in total. The second-order valence-electron chi connectivity index (χ2n) is 8.25. The number of hydrogen-bond acceptors (Lipinski definition) is 4. The fourth-order valence-corrected chi connectivity index (χ4v) is 4.36. The molecule has 0 aromatic heterocycles. The van der Waals surface area contributed by atoms with Gasteiger partial charge in [-0.3, -0.25) is 19.7 Å². The molecule has 2 aliphatic rings. The van der Waals surface area contributed by atoms with Crippen LogP contribution in [0.3, 0.4) is 0 Å². The number of benzene rings is 1. The van der Waals surface area contributed by atoms with Crippen LogP contribution in [0.5, 0.6) is 0 Å². The molecule has 0 N–H and O–H groups in total. The lowest BCUT2D eigenvalue weighted by Gasteiger charge is -2.42. The summed E-state index contributed by atoms with van der Waals surface area (Å²) in [4.78, 5) is 40.5. The van der Waals surface area contributed by atoms with Crippen molar-refractivity contribution in [2.24, 2.45) is 17.8 Å². The second kappa shape index (κ2) is 7.89. The third-order valence-electron chi connectivity index (χ3n) is 6.36. The Hall–Kier alpha value is -2.44. The van der Waals surface area contributed by atoms with Crippen LogP contribution < -0.4 is 0 Å². The van der Waals surface area contributed by atoms with Crippen LogP contribution in [0.1, 0.15) is 49.5 Å². The van der Waals surface area contributed by atoms with Crippen LogP contribution in [0.25, 0.3) is 0 Å². The Bertz CT molecular complexity index is 786. The Morgan fingerprint density at radius 3 is 2.46 bits per heavy atom. The first-order valence-corrected chi connectivity index (χ1v) is 10.1. The lowest BCUT2D eigenvalue weighted by Crippen LogP contribution is -2.57. The van der Waals surface area contributed by atoms with Crippen molar-refractivity contribution in [2.45, 2.75) is 46.6 Å². The maximum absolute atomic E-state index is 13.1. The number of aryl methyl sites for hydroxylation is 1. The van der Waals surface area contributed by atoms with Crippen molar-refractivity contribution < 1.29 is 14.5 Å². The molecule has 1 saturated carbocycles. The Morgan fingerprint density at radius 2 is 1.89 bits per heavy atom. The molecule has 1 heterocycles. The van der Waals surface area contributed by atoms with Gasteiger partial charge in [-0.1, -0.05) is 33.3 Å². The summed E-state index contributed by atoms with van der Waals surface area (Å²) in [6.07, 6.45) is 1.73. The van der Waals surface area contributed by atoms with E-state index in [4.69, 9.17) is 0 Å². The average molecular weight is 387 g/mol. The maximum Gasteiger partial charge on any atom is 0.282 e. The number of piperazine rings is 1. The van der Waals surface area contributed by atoms with Gasteiger partial charge in [0.15, 0.2) is 0 Å². The molecule has 4 atom stereocenters. The highest BCUT2D eigenvalue weighted by atomic mass is 16.6. The van der Waals surface area contributed by atoms with E-state index in [2.05, 4.69) is 20.8 Å². The van der Waals surface area contributed by atoms with E-state index >= 15 is 0 Å². The van der Waals surface area contributed by atoms with Gasteiger partial charge in [0.2, 0.25) is 5.91 Å². The highest BCUT2D eigenvalue weighted by Crippen LogP contribution is 2.47. The summed E-state index contributed by atoms with van der Waals surface area (Å²) >= 11 is 0. The molecular formula is C21H29N3O4. The van der Waals surface area contributed by atoms with Crippen molar-refractivity contribution >= 4 is 17.5 Å². The monoisotopic (exact) mass is 387 g/mol. The number of carbonyl (C=O) groups excluding carboxylic acids is 2. The van der Waals surface area contributed by atoms with Gasteiger partial charge in [-0.2, -0.15) is 0 Å². The van der Waals surface area contributed by atoms with Crippen LogP contribution in [-0.4, -0.2) is 52.2 Å². The fourth-order valence-electron chi connectivity index (χ4n) is 4.36. The van der Waals surface area contributed by atoms with Gasteiger partial charge in [0, 0.05) is 37.7 Å². The van der Waals surface area contributed by atoms with Gasteiger partial charge >= 0.3 is 0 Å². The zero-order valence-corrected chi connectivity index (χ0v) is 17.1. The van der Waals surface area contributed by atoms with Crippen molar-refractivity contribution in [1.29, 1.82) is 0 Å². The molecule has 28 heavy (non-hydrogen) atoms. The molecule has 2 fully saturated rings. The molecule has 0 bridgehead atoms. The molecule has 7 heteroatoms. The van der Waals surface area contributed by atoms with Gasteiger partial charge in [-0.15, -0.1) is 0 Å². The fraction of sp³-hybridized carbons (Fsp3) is 0.619. The molecule has 1 aliphatic carbocycles. The van der Waals surface area contributed by atoms with Crippen molar-refractivity contribution in [2.75, 3.05) is 19.6 Å². The van der Waals surface area contributed by atoms with Crippen LogP contribution in [0.15, 0.2) is 18.2 Å². The molecule has 1 aromatic carbocycles. The Morgan fingerprint density at radius 1 is 1.21 bits per heavy atom. The SMILES string of the molecule is CCCC1CN(C(=O)c2cc(C)ccc2[N+](=O)[O-])CCN1C(=O)C1[C@@H](C)[C@H]1C. The lowest BCUT2D eigenvalue weighted by atomic mass is 10.0. The number of nitro benzene ring substituents is 1. The Balaban J connectivity index is 1.79. The van der Waals surface area contributed by atoms with E-state index in [0.717, 1.165) is 18.4 Å². The summed E-state index contributed by atoms with van der Waals surface area (Å²) in [5.41, 5.74) is 0.774. The average Bonchev–Trinajstić information content (AvgIpc) is 3.26. The molecule has 2 unspecified atom stereocenters. The minimum absolute atomic E-state index is 0.0286. The molecule has 152 valence electrons. The molecule has 1 aromatic rings. The zero-order valence-electron chi connectivity index (χ0n) is 17.1. The van der Waals surface area contributed by atoms with Gasteiger partial charge < -0.3 is 9.80 Å². The predicted molar refractivity (Wildman–Crippen MR) is 106 cm³/mol. The van der Waals surface area contributed by atoms with E-state index in [9.17, 15) is 19.7 Å². The number of nitro groups is 1. The van der Waals surface area contributed by atoms with Gasteiger partial charge in [-0.25, -0.2) is 0 Å². The van der Waals surface area contributed by atoms with Gasteiger partial charge in [-0.05, 0) is 36.8 Å². The molecule has 0 spiro atoms. The first-order valence-electron chi connectivity index (χ1n) is 10.1. The van der Waals surface area contributed by atoms with Crippen LogP contribution >= 0.6 is 0 Å². The second-order valence-corrected chi connectivity index (χ2v) is 8.25. The summed E-state index contributed by atoms with van der Waals surface area (Å²) in [6.45, 7) is 9.43. The minimum atomic E-state index is -0.508. The number of hydrogen-bond donors (Lipinski definition) is 0. The summed E-state index contributed by atoms with van der Waals surface area (Å²) in [5.74, 6) is 0.817. The zero-order chi connectivity index (χ0) is 20.6. The van der Waals surface area contributed by atoms with Crippen LogP contribution in [-0.2, 0) is 4.79 Å². The number of carbonyl (C=O) groups is 2. The summed E-state index contributed by atoms with van der Waals surface area (Å²) < 4.78 is 0. The molecule has 2 amide bonds. The van der Waals surface area contributed by atoms with Gasteiger partial charge in [0.1, 0.15) is 5.56 Å². The first-order chi connectivity index (χ1) is 13.3. The third kappa shape index (κ3) is 3.75. The Labute approximate surface area is 165 Å². The molecular weight excluding hydrogens is 358 g/mol. The topological polar surface area (TPSA) is 83.8 Å². The number of amides is 2. The van der Waals surface area contributed by atoms with Crippen molar-refractivity contribution in [3.8, 4) is 0 Å². The smallest absolute Gasteiger partial charge is 0.282 e. The van der Waals surface area contributed by atoms with Gasteiger partial charge in [0.25, 0.3) is 11.6 Å². The van der Waals surface area contributed by atoms with E-state index in [1.165, 1.54) is 6.07 Å². The summed E-state index contributed by atoms with van der Waals surface area (Å²) in [5, 5.41) is 11.4. The number of nitrogens with zero attached hydrogens (tertiary/aromatic N) is 3. The quantitative estimate of drug-likeness (QED) is 0.573. The number of rotatable bonds is 5. The maximum atomic E-state index is 13.1. The van der Waals surface area contributed by atoms with Crippen LogP contribution in [0, 0.1) is 34.8 Å². The van der Waals surface area contributed by atoms with E-state index in [0.29, 0.717) is 31.5 Å². The van der Waals surface area contributed by atoms with Crippen molar-refractivity contribution in [3.05, 3.63) is 39.4 Å². The van der Waals surface area contributed by atoms with Gasteiger partial charge in [0.05, 0.1) is 4.92 Å². The standard InChI is InChI=1S/C21H29N3O4/c1-5-6-16-12-22(9-10-23(16)21(26)19-14(3)15(19)4)20(25)17-11-13(2)7-8-18(17)24(27)28/h7-8,11,14-16,19H,5-6,9-10,12H2,1-4H3/t14-,15+,16?,19?. The molecule has 1 aliphatic heterocycles. The predicted octanol–water partition coefficient (Wildman–Crippen LogP) is 3.26. The van der Waals surface area contributed by atoms with E-state index < -0.39 is 4.92 Å². The van der Waals surface area contributed by atoms with E-state index in [1.54, 1.807) is 17.0 Å². The molecule has 0 radical (unpaired) electrons. The highest BCUT2D eigenvalue weighted by molar-refractivity contribution is 5.98. The minimum Gasteiger partial charge on any atom is -0.336 e. The summed E-state index contributed by atoms with van der Waals surface area (Å²) in [7, 11) is 0. The first kappa shape index (κ1) is 20.3. The molecule has 3 rings (SSSR count). The molecule has 1 saturated heterocycles. The van der Waals surface area contributed by atoms with E-state index in [-0.39, 0.29) is 35.0 Å². The Kier molecular flexibility index (Phi) is 5.72. The highest BCUT2D eigenvalue weighted by Gasteiger charge is 2.51. The normalized spacial score (nSPS) is 26.9. The van der Waals surface area contributed by atoms with Crippen molar-refractivity contribution in [1.82, 2.24) is 9.80 Å². The largest absolute Gasteiger partial charge is 0.336 e. The third-order valence-corrected chi connectivity index (χ3v) is 6.36. The van der Waals surface area contributed by atoms with Crippen LogP contribution in [0.4, 0.5) is 5.69 Å². The lowest BCUT2D eigenvalue weighted by molar-refractivity contribution is -0.385. The van der Waals surface area contributed by atoms with Crippen LogP contribution in [0.2, 0.25) is 0 Å².